The van der Waals surface area contributed by atoms with Crippen LogP contribution in [0.2, 0.25) is 5.02 Å². The minimum atomic E-state index is -0.821. The van der Waals surface area contributed by atoms with Gasteiger partial charge in [-0.3, -0.25) is 4.79 Å². The van der Waals surface area contributed by atoms with E-state index in [1.807, 2.05) is 0 Å². The molecule has 5 heteroatoms. The van der Waals surface area contributed by atoms with Crippen LogP contribution in [0, 0.1) is 0 Å². The van der Waals surface area contributed by atoms with E-state index in [9.17, 15) is 4.79 Å². The molecule has 0 spiro atoms. The van der Waals surface area contributed by atoms with Crippen molar-refractivity contribution in [3.8, 4) is 11.5 Å². The molecule has 0 aliphatic heterocycles. The van der Waals surface area contributed by atoms with Crippen molar-refractivity contribution in [1.82, 2.24) is 0 Å². The topological polar surface area (TPSA) is 55.8 Å². The fourth-order valence-corrected chi connectivity index (χ4v) is 1.75. The summed E-state index contributed by atoms with van der Waals surface area (Å²) in [5.41, 5.74) is 0.764. The van der Waals surface area contributed by atoms with Gasteiger partial charge in [0, 0.05) is 6.42 Å². The van der Waals surface area contributed by atoms with Crippen LogP contribution >= 0.6 is 11.6 Å². The summed E-state index contributed by atoms with van der Waals surface area (Å²) < 4.78 is 10.3. The number of carboxylic acid groups (broad SMARTS) is 1. The van der Waals surface area contributed by atoms with Gasteiger partial charge in [-0.1, -0.05) is 23.8 Å². The quantitative estimate of drug-likeness (QED) is 0.862. The van der Waals surface area contributed by atoms with Crippen molar-refractivity contribution in [3.05, 3.63) is 28.8 Å². The first kappa shape index (κ1) is 14.4. The van der Waals surface area contributed by atoms with Gasteiger partial charge >= 0.3 is 5.97 Å². The second-order valence-corrected chi connectivity index (χ2v) is 3.92. The molecule has 0 fully saturated rings. The molecule has 1 aromatic carbocycles. The van der Waals surface area contributed by atoms with Gasteiger partial charge in [-0.2, -0.15) is 0 Å². The minimum Gasteiger partial charge on any atom is -0.493 e. The first-order chi connectivity index (χ1) is 8.60. The summed E-state index contributed by atoms with van der Waals surface area (Å²) in [7, 11) is 3.05. The maximum atomic E-state index is 10.4. The summed E-state index contributed by atoms with van der Waals surface area (Å²) in [4.78, 5) is 10.4. The molecule has 0 unspecified atom stereocenters. The molecule has 4 nitrogen and oxygen atoms in total. The largest absolute Gasteiger partial charge is 0.493 e. The number of benzene rings is 1. The normalized spacial score (nSPS) is 10.6. The number of hydrogen-bond acceptors (Lipinski definition) is 3. The highest BCUT2D eigenvalue weighted by atomic mass is 35.5. The molecule has 0 aliphatic carbocycles. The molecule has 0 atom stereocenters. The molecule has 1 aromatic rings. The van der Waals surface area contributed by atoms with E-state index in [1.165, 1.54) is 14.2 Å². The van der Waals surface area contributed by atoms with Crippen molar-refractivity contribution in [3.63, 3.8) is 0 Å². The predicted molar refractivity (Wildman–Crippen MR) is 70.5 cm³/mol. The highest BCUT2D eigenvalue weighted by Crippen LogP contribution is 2.37. The van der Waals surface area contributed by atoms with Crippen molar-refractivity contribution < 1.29 is 19.4 Å². The number of ether oxygens (including phenoxy) is 2. The van der Waals surface area contributed by atoms with Crippen LogP contribution in [0.5, 0.6) is 11.5 Å². The van der Waals surface area contributed by atoms with Crippen molar-refractivity contribution in [2.24, 2.45) is 0 Å². The van der Waals surface area contributed by atoms with E-state index in [2.05, 4.69) is 0 Å². The van der Waals surface area contributed by atoms with Gasteiger partial charge in [0.2, 0.25) is 0 Å². The Hall–Kier alpha value is -1.68. The van der Waals surface area contributed by atoms with E-state index >= 15 is 0 Å². The molecule has 0 aromatic heterocycles. The van der Waals surface area contributed by atoms with Crippen molar-refractivity contribution >= 4 is 23.6 Å². The van der Waals surface area contributed by atoms with E-state index < -0.39 is 5.97 Å². The van der Waals surface area contributed by atoms with Crippen LogP contribution < -0.4 is 9.47 Å². The summed E-state index contributed by atoms with van der Waals surface area (Å²) in [6.07, 6.45) is 4.09. The first-order valence-corrected chi connectivity index (χ1v) is 5.76. The van der Waals surface area contributed by atoms with Gasteiger partial charge in [0.1, 0.15) is 0 Å². The molecule has 0 saturated carbocycles. The number of methoxy groups -OCH3 is 2. The fourth-order valence-electron chi connectivity index (χ4n) is 1.45. The molecule has 0 radical (unpaired) electrons. The number of halogens is 1. The molecule has 1 N–H and O–H groups in total. The lowest BCUT2D eigenvalue weighted by Crippen LogP contribution is -1.93. The Morgan fingerprint density at radius 2 is 2.11 bits per heavy atom. The van der Waals surface area contributed by atoms with Crippen LogP contribution in [0.4, 0.5) is 0 Å². The standard InChI is InChI=1S/C13H15ClO4/c1-17-10-8-7-9(12(14)13(10)18-2)5-3-4-6-11(15)16/h3,5,7-8H,4,6H2,1-2H3,(H,15,16). The number of carbonyl (C=O) groups is 1. The number of hydrogen-bond donors (Lipinski definition) is 1. The average molecular weight is 271 g/mol. The van der Waals surface area contributed by atoms with E-state index in [-0.39, 0.29) is 6.42 Å². The van der Waals surface area contributed by atoms with Gasteiger partial charge in [0.25, 0.3) is 0 Å². The lowest BCUT2D eigenvalue weighted by Gasteiger charge is -2.10. The van der Waals surface area contributed by atoms with Crippen LogP contribution in [0.3, 0.4) is 0 Å². The Bertz CT molecular complexity index is 455. The molecular formula is C13H15ClO4. The molecule has 98 valence electrons. The minimum absolute atomic E-state index is 0.0986. The highest BCUT2D eigenvalue weighted by molar-refractivity contribution is 6.33. The van der Waals surface area contributed by atoms with Gasteiger partial charge in [0.05, 0.1) is 19.2 Å². The smallest absolute Gasteiger partial charge is 0.303 e. The molecule has 0 heterocycles. The molecule has 0 saturated heterocycles. The van der Waals surface area contributed by atoms with Crippen molar-refractivity contribution in [1.29, 1.82) is 0 Å². The summed E-state index contributed by atoms with van der Waals surface area (Å²) >= 11 is 6.16. The van der Waals surface area contributed by atoms with Crippen LogP contribution in [0.15, 0.2) is 18.2 Å². The predicted octanol–water partition coefficient (Wildman–Crippen LogP) is 3.24. The maximum Gasteiger partial charge on any atom is 0.303 e. The van der Waals surface area contributed by atoms with E-state index in [1.54, 1.807) is 24.3 Å². The summed E-state index contributed by atoms with van der Waals surface area (Å²) in [6, 6.07) is 3.54. The number of rotatable bonds is 6. The van der Waals surface area contributed by atoms with Crippen molar-refractivity contribution in [2.75, 3.05) is 14.2 Å². The summed E-state index contributed by atoms with van der Waals surface area (Å²) in [5, 5.41) is 8.97. The number of carboxylic acids is 1. The van der Waals surface area contributed by atoms with Gasteiger partial charge in [-0.15, -0.1) is 0 Å². The average Bonchev–Trinajstić information content (AvgIpc) is 2.35. The third-order valence-corrected chi connectivity index (χ3v) is 2.73. The third kappa shape index (κ3) is 3.67. The lowest BCUT2D eigenvalue weighted by molar-refractivity contribution is -0.136. The van der Waals surface area contributed by atoms with Gasteiger partial charge in [-0.05, 0) is 24.1 Å². The Labute approximate surface area is 111 Å². The zero-order valence-electron chi connectivity index (χ0n) is 10.3. The zero-order valence-corrected chi connectivity index (χ0v) is 11.0. The Balaban J connectivity index is 2.87. The fraction of sp³-hybridized carbons (Fsp3) is 0.308. The second kappa shape index (κ2) is 6.91. The Morgan fingerprint density at radius 1 is 1.39 bits per heavy atom. The second-order valence-electron chi connectivity index (χ2n) is 3.54. The van der Waals surface area contributed by atoms with Crippen LogP contribution in [-0.2, 0) is 4.79 Å². The molecule has 0 amide bonds. The van der Waals surface area contributed by atoms with Gasteiger partial charge < -0.3 is 14.6 Å². The lowest BCUT2D eigenvalue weighted by atomic mass is 10.1. The molecular weight excluding hydrogens is 256 g/mol. The van der Waals surface area contributed by atoms with E-state index in [4.69, 9.17) is 26.2 Å². The van der Waals surface area contributed by atoms with Crippen molar-refractivity contribution in [2.45, 2.75) is 12.8 Å². The molecule has 0 bridgehead atoms. The maximum absolute atomic E-state index is 10.4. The Kier molecular flexibility index (Phi) is 5.52. The SMILES string of the molecule is COc1ccc(C=CCCC(=O)O)c(Cl)c1OC. The molecule has 18 heavy (non-hydrogen) atoms. The Morgan fingerprint density at radius 3 is 2.67 bits per heavy atom. The first-order valence-electron chi connectivity index (χ1n) is 5.39. The van der Waals surface area contributed by atoms with Crippen LogP contribution in [0.1, 0.15) is 18.4 Å². The van der Waals surface area contributed by atoms with Gasteiger partial charge in [0.15, 0.2) is 11.5 Å². The summed E-state index contributed by atoms with van der Waals surface area (Å²) in [6.45, 7) is 0. The van der Waals surface area contributed by atoms with Crippen LogP contribution in [0.25, 0.3) is 6.08 Å². The molecule has 1 rings (SSSR count). The third-order valence-electron chi connectivity index (χ3n) is 2.34. The van der Waals surface area contributed by atoms with Crippen LogP contribution in [-0.4, -0.2) is 25.3 Å². The molecule has 0 aliphatic rings. The van der Waals surface area contributed by atoms with E-state index in [0.29, 0.717) is 22.9 Å². The van der Waals surface area contributed by atoms with Gasteiger partial charge in [-0.25, -0.2) is 0 Å². The van der Waals surface area contributed by atoms with E-state index in [0.717, 1.165) is 5.56 Å². The highest BCUT2D eigenvalue weighted by Gasteiger charge is 2.11. The zero-order chi connectivity index (χ0) is 13.5. The monoisotopic (exact) mass is 270 g/mol. The summed E-state index contributed by atoms with van der Waals surface area (Å²) in [5.74, 6) is 0.211. The number of aliphatic carboxylic acids is 1. The number of allylic oxidation sites excluding steroid dienone is 1.